The zero-order valence-electron chi connectivity index (χ0n) is 12.6. The summed E-state index contributed by atoms with van der Waals surface area (Å²) in [5, 5.41) is 7.44. The number of rotatable bonds is 5. The molecule has 2 rings (SSSR count). The molecule has 0 fully saturated rings. The Morgan fingerprint density at radius 2 is 2.10 bits per heavy atom. The van der Waals surface area contributed by atoms with E-state index in [9.17, 15) is 0 Å². The van der Waals surface area contributed by atoms with Crippen LogP contribution in [0.3, 0.4) is 0 Å². The fourth-order valence-corrected chi connectivity index (χ4v) is 2.07. The molecule has 20 heavy (non-hydrogen) atoms. The van der Waals surface area contributed by atoms with Gasteiger partial charge in [0, 0.05) is 32.4 Å². The molecule has 1 N–H and O–H groups in total. The van der Waals surface area contributed by atoms with E-state index < -0.39 is 0 Å². The van der Waals surface area contributed by atoms with E-state index in [1.165, 1.54) is 0 Å². The van der Waals surface area contributed by atoms with E-state index in [1.807, 2.05) is 50.6 Å². The van der Waals surface area contributed by atoms with Crippen LogP contribution in [0.4, 0.5) is 11.8 Å². The summed E-state index contributed by atoms with van der Waals surface area (Å²) in [6.45, 7) is 6.85. The van der Waals surface area contributed by atoms with Crippen molar-refractivity contribution < 1.29 is 0 Å². The van der Waals surface area contributed by atoms with Crippen molar-refractivity contribution in [3.05, 3.63) is 23.9 Å². The first kappa shape index (κ1) is 14.2. The summed E-state index contributed by atoms with van der Waals surface area (Å²) in [4.78, 5) is 15.1. The number of hydrogen-bond acceptors (Lipinski definition) is 6. The van der Waals surface area contributed by atoms with Crippen LogP contribution in [0.5, 0.6) is 0 Å². The van der Waals surface area contributed by atoms with Gasteiger partial charge in [-0.25, -0.2) is 14.6 Å². The predicted octanol–water partition coefficient (Wildman–Crippen LogP) is 1.64. The molecule has 2 aromatic heterocycles. The zero-order chi connectivity index (χ0) is 14.7. The molecule has 7 nitrogen and oxygen atoms in total. The van der Waals surface area contributed by atoms with Gasteiger partial charge in [0.05, 0.1) is 6.04 Å². The van der Waals surface area contributed by atoms with Gasteiger partial charge in [0.2, 0.25) is 5.95 Å². The summed E-state index contributed by atoms with van der Waals surface area (Å²) in [5.74, 6) is 2.38. The van der Waals surface area contributed by atoms with Gasteiger partial charge >= 0.3 is 0 Å². The normalized spacial score (nSPS) is 12.2. The van der Waals surface area contributed by atoms with Gasteiger partial charge in [0.1, 0.15) is 18.0 Å². The van der Waals surface area contributed by atoms with Gasteiger partial charge in [-0.1, -0.05) is 0 Å². The van der Waals surface area contributed by atoms with Crippen molar-refractivity contribution in [1.82, 2.24) is 24.7 Å². The van der Waals surface area contributed by atoms with Crippen LogP contribution in [0.15, 0.2) is 12.5 Å². The topological polar surface area (TPSA) is 71.8 Å². The number of hydrogen-bond donors (Lipinski definition) is 1. The van der Waals surface area contributed by atoms with Crippen LogP contribution in [0.2, 0.25) is 0 Å². The van der Waals surface area contributed by atoms with Crippen molar-refractivity contribution in [1.29, 1.82) is 0 Å². The Morgan fingerprint density at radius 3 is 2.75 bits per heavy atom. The van der Waals surface area contributed by atoms with Gasteiger partial charge in [-0.15, -0.1) is 0 Å². The summed E-state index contributed by atoms with van der Waals surface area (Å²) in [7, 11) is 3.94. The first-order valence-electron chi connectivity index (χ1n) is 6.68. The van der Waals surface area contributed by atoms with Crippen LogP contribution in [-0.4, -0.2) is 38.8 Å². The fraction of sp³-hybridized carbons (Fsp3) is 0.538. The third-order valence-corrected chi connectivity index (χ3v) is 3.05. The highest BCUT2D eigenvalue weighted by atomic mass is 15.3. The lowest BCUT2D eigenvalue weighted by Gasteiger charge is -2.17. The Labute approximate surface area is 119 Å². The van der Waals surface area contributed by atoms with Gasteiger partial charge in [-0.2, -0.15) is 10.1 Å². The molecule has 2 aromatic rings. The summed E-state index contributed by atoms with van der Waals surface area (Å²) in [5.41, 5.74) is 1.05. The number of aryl methyl sites for hydroxylation is 2. The molecule has 0 saturated carbocycles. The molecular formula is C13H21N7. The number of nitrogens with one attached hydrogen (secondary N) is 1. The molecule has 7 heteroatoms. The van der Waals surface area contributed by atoms with E-state index in [0.29, 0.717) is 5.95 Å². The van der Waals surface area contributed by atoms with Crippen LogP contribution >= 0.6 is 0 Å². The monoisotopic (exact) mass is 275 g/mol. The Morgan fingerprint density at radius 1 is 1.35 bits per heavy atom. The molecule has 108 valence electrons. The molecule has 0 spiro atoms. The number of anilines is 2. The third kappa shape index (κ3) is 2.87. The Bertz CT molecular complexity index is 576. The van der Waals surface area contributed by atoms with Crippen molar-refractivity contribution in [2.75, 3.05) is 24.3 Å². The van der Waals surface area contributed by atoms with Crippen molar-refractivity contribution in [3.63, 3.8) is 0 Å². The molecule has 0 aliphatic carbocycles. The minimum atomic E-state index is -0.00447. The average molecular weight is 275 g/mol. The first-order valence-corrected chi connectivity index (χ1v) is 6.68. The van der Waals surface area contributed by atoms with Crippen molar-refractivity contribution in [2.24, 2.45) is 0 Å². The molecular weight excluding hydrogens is 254 g/mol. The maximum Gasteiger partial charge on any atom is 0.225 e. The quantitative estimate of drug-likeness (QED) is 0.894. The first-order chi connectivity index (χ1) is 9.52. The molecule has 0 amide bonds. The maximum atomic E-state index is 4.52. The van der Waals surface area contributed by atoms with Gasteiger partial charge in [0.15, 0.2) is 0 Å². The Balaban J connectivity index is 2.20. The molecule has 0 bridgehead atoms. The van der Waals surface area contributed by atoms with E-state index in [4.69, 9.17) is 0 Å². The highest BCUT2D eigenvalue weighted by Gasteiger charge is 2.14. The fourth-order valence-electron chi connectivity index (χ4n) is 2.07. The van der Waals surface area contributed by atoms with E-state index in [1.54, 1.807) is 6.33 Å². The summed E-state index contributed by atoms with van der Waals surface area (Å²) < 4.78 is 1.86. The highest BCUT2D eigenvalue weighted by molar-refractivity contribution is 5.47. The highest BCUT2D eigenvalue weighted by Crippen LogP contribution is 2.18. The lowest BCUT2D eigenvalue weighted by Crippen LogP contribution is -2.18. The van der Waals surface area contributed by atoms with E-state index >= 15 is 0 Å². The zero-order valence-corrected chi connectivity index (χ0v) is 12.6. The van der Waals surface area contributed by atoms with Crippen LogP contribution in [0.25, 0.3) is 0 Å². The Kier molecular flexibility index (Phi) is 4.16. The molecule has 0 saturated heterocycles. The largest absolute Gasteiger partial charge is 0.362 e. The second-order valence-electron chi connectivity index (χ2n) is 4.89. The second-order valence-corrected chi connectivity index (χ2v) is 4.89. The maximum absolute atomic E-state index is 4.52. The predicted molar refractivity (Wildman–Crippen MR) is 78.8 cm³/mol. The van der Waals surface area contributed by atoms with Crippen molar-refractivity contribution in [2.45, 2.75) is 33.4 Å². The van der Waals surface area contributed by atoms with E-state index in [-0.39, 0.29) is 6.04 Å². The van der Waals surface area contributed by atoms with Crippen molar-refractivity contribution in [3.8, 4) is 0 Å². The molecule has 0 radical (unpaired) electrons. The third-order valence-electron chi connectivity index (χ3n) is 3.05. The van der Waals surface area contributed by atoms with Gasteiger partial charge in [-0.3, -0.25) is 0 Å². The molecule has 0 unspecified atom stereocenters. The summed E-state index contributed by atoms with van der Waals surface area (Å²) in [6.07, 6.45) is 3.39. The molecule has 2 heterocycles. The van der Waals surface area contributed by atoms with Crippen LogP contribution in [0, 0.1) is 6.92 Å². The van der Waals surface area contributed by atoms with E-state index in [0.717, 1.165) is 23.8 Å². The van der Waals surface area contributed by atoms with Gasteiger partial charge < -0.3 is 10.2 Å². The summed E-state index contributed by atoms with van der Waals surface area (Å²) in [6, 6.07) is -0.00447. The number of nitrogens with zero attached hydrogens (tertiary/aromatic N) is 6. The second kappa shape index (κ2) is 5.85. The standard InChI is InChI=1S/C13H21N7/c1-6-20-12(15-8-16-20)10(3)17-13-14-7-9(2)11(18-13)19(4)5/h7-8,10H,6H2,1-5H3,(H,14,17,18)/t10-/m1/s1. The Hall–Kier alpha value is -2.18. The average Bonchev–Trinajstić information content (AvgIpc) is 2.89. The molecule has 0 aromatic carbocycles. The number of aromatic nitrogens is 5. The SMILES string of the molecule is CCn1ncnc1[C@@H](C)Nc1ncc(C)c(N(C)C)n1. The minimum absolute atomic E-state index is 0.00447. The molecule has 0 aliphatic heterocycles. The lowest BCUT2D eigenvalue weighted by atomic mass is 10.3. The van der Waals surface area contributed by atoms with E-state index in [2.05, 4.69) is 25.4 Å². The van der Waals surface area contributed by atoms with Crippen molar-refractivity contribution >= 4 is 11.8 Å². The lowest BCUT2D eigenvalue weighted by molar-refractivity contribution is 0.591. The molecule has 1 atom stereocenters. The smallest absolute Gasteiger partial charge is 0.225 e. The van der Waals surface area contributed by atoms with Crippen LogP contribution in [0.1, 0.15) is 31.3 Å². The van der Waals surface area contributed by atoms with Crippen LogP contribution < -0.4 is 10.2 Å². The van der Waals surface area contributed by atoms with Gasteiger partial charge in [0.25, 0.3) is 0 Å². The van der Waals surface area contributed by atoms with Crippen LogP contribution in [-0.2, 0) is 6.54 Å². The minimum Gasteiger partial charge on any atom is -0.362 e. The summed E-state index contributed by atoms with van der Waals surface area (Å²) >= 11 is 0. The molecule has 0 aliphatic rings. The van der Waals surface area contributed by atoms with Gasteiger partial charge in [-0.05, 0) is 20.8 Å².